The van der Waals surface area contributed by atoms with Gasteiger partial charge in [0.1, 0.15) is 5.82 Å². The Balaban J connectivity index is 1.82. The molecule has 0 saturated carbocycles. The van der Waals surface area contributed by atoms with Gasteiger partial charge in [-0.05, 0) is 61.0 Å². The number of ether oxygens (including phenoxy) is 1. The minimum atomic E-state index is -4.02. The quantitative estimate of drug-likeness (QED) is 0.506. The van der Waals surface area contributed by atoms with Crippen molar-refractivity contribution in [1.29, 1.82) is 0 Å². The lowest BCUT2D eigenvalue weighted by atomic mass is 10.2. The van der Waals surface area contributed by atoms with E-state index in [1.807, 2.05) is 6.92 Å². The Morgan fingerprint density at radius 1 is 0.939 bits per heavy atom. The number of benzene rings is 3. The Morgan fingerprint density at radius 2 is 1.55 bits per heavy atom. The van der Waals surface area contributed by atoms with Crippen LogP contribution in [0.5, 0.6) is 0 Å². The fraction of sp³-hybridized carbons (Fsp3) is 0.167. The maximum absolute atomic E-state index is 13.3. The summed E-state index contributed by atoms with van der Waals surface area (Å²) in [5, 5.41) is 2.63. The number of nitrogens with one attached hydrogen (secondary N) is 1. The second-order valence-electron chi connectivity index (χ2n) is 7.33. The zero-order valence-corrected chi connectivity index (χ0v) is 18.9. The molecular formula is C24H23FN2O5S. The number of carbonyl (C=O) groups excluding carboxylic acids is 2. The summed E-state index contributed by atoms with van der Waals surface area (Å²) >= 11 is 0. The van der Waals surface area contributed by atoms with E-state index < -0.39 is 34.3 Å². The molecule has 33 heavy (non-hydrogen) atoms. The predicted molar refractivity (Wildman–Crippen MR) is 122 cm³/mol. The Hall–Kier alpha value is -3.56. The molecule has 0 bridgehead atoms. The molecule has 1 amide bonds. The first-order valence-corrected chi connectivity index (χ1v) is 11.4. The topological polar surface area (TPSA) is 92.8 Å². The van der Waals surface area contributed by atoms with Crippen LogP contribution < -0.4 is 5.32 Å². The first kappa shape index (κ1) is 24.1. The van der Waals surface area contributed by atoms with Gasteiger partial charge in [-0.2, -0.15) is 4.31 Å². The third kappa shape index (κ3) is 6.24. The van der Waals surface area contributed by atoms with Crippen molar-refractivity contribution >= 4 is 27.6 Å². The molecule has 0 radical (unpaired) electrons. The average Bonchev–Trinajstić information content (AvgIpc) is 2.80. The van der Waals surface area contributed by atoms with Gasteiger partial charge in [0.05, 0.1) is 24.1 Å². The van der Waals surface area contributed by atoms with Gasteiger partial charge in [0.25, 0.3) is 0 Å². The van der Waals surface area contributed by atoms with Gasteiger partial charge in [-0.15, -0.1) is 0 Å². The molecule has 0 unspecified atom stereocenters. The van der Waals surface area contributed by atoms with Gasteiger partial charge in [0, 0.05) is 12.2 Å². The first-order chi connectivity index (χ1) is 15.7. The number of nitrogens with zero attached hydrogens (tertiary/aromatic N) is 1. The van der Waals surface area contributed by atoms with E-state index in [4.69, 9.17) is 0 Å². The number of esters is 1. The van der Waals surface area contributed by atoms with E-state index in [2.05, 4.69) is 10.1 Å². The van der Waals surface area contributed by atoms with Crippen LogP contribution in [0.3, 0.4) is 0 Å². The number of hydrogen-bond donors (Lipinski definition) is 1. The van der Waals surface area contributed by atoms with Gasteiger partial charge < -0.3 is 10.1 Å². The summed E-state index contributed by atoms with van der Waals surface area (Å²) in [7, 11) is -2.75. The lowest BCUT2D eigenvalue weighted by Gasteiger charge is -2.22. The summed E-state index contributed by atoms with van der Waals surface area (Å²) in [5.41, 5.74) is 2.13. The van der Waals surface area contributed by atoms with E-state index in [0.29, 0.717) is 16.8 Å². The van der Waals surface area contributed by atoms with Gasteiger partial charge in [-0.3, -0.25) is 4.79 Å². The number of anilines is 1. The molecule has 3 aromatic carbocycles. The average molecular weight is 471 g/mol. The third-order valence-corrected chi connectivity index (χ3v) is 6.65. The van der Waals surface area contributed by atoms with Crippen molar-refractivity contribution in [2.45, 2.75) is 18.4 Å². The monoisotopic (exact) mass is 470 g/mol. The Bertz CT molecular complexity index is 1230. The van der Waals surface area contributed by atoms with Gasteiger partial charge in [0.2, 0.25) is 15.9 Å². The smallest absolute Gasteiger partial charge is 0.337 e. The number of amides is 1. The molecular weight excluding hydrogens is 447 g/mol. The molecule has 9 heteroatoms. The van der Waals surface area contributed by atoms with Gasteiger partial charge in [-0.1, -0.05) is 29.8 Å². The number of methoxy groups -OCH3 is 1. The highest BCUT2D eigenvalue weighted by Gasteiger charge is 2.27. The van der Waals surface area contributed by atoms with Gasteiger partial charge in [-0.25, -0.2) is 17.6 Å². The standard InChI is InChI=1S/C24H23FN2O5S/c1-17-3-13-22(14-4-17)33(30,31)27(15-18-5-9-20(25)10-6-18)16-23(28)26-21-11-7-19(8-12-21)24(29)32-2/h3-14H,15-16H2,1-2H3,(H,26,28). The molecule has 0 aromatic heterocycles. The van der Waals surface area contributed by atoms with Crippen molar-refractivity contribution in [2.75, 3.05) is 19.0 Å². The zero-order chi connectivity index (χ0) is 24.0. The van der Waals surface area contributed by atoms with E-state index in [0.717, 1.165) is 9.87 Å². The lowest BCUT2D eigenvalue weighted by Crippen LogP contribution is -2.37. The number of rotatable bonds is 8. The van der Waals surface area contributed by atoms with Crippen molar-refractivity contribution < 1.29 is 27.1 Å². The highest BCUT2D eigenvalue weighted by Crippen LogP contribution is 2.20. The fourth-order valence-electron chi connectivity index (χ4n) is 3.05. The van der Waals surface area contributed by atoms with Crippen LogP contribution in [0.25, 0.3) is 0 Å². The minimum absolute atomic E-state index is 0.0467. The Kier molecular flexibility index (Phi) is 7.57. The summed E-state index contributed by atoms with van der Waals surface area (Å²) < 4.78 is 45.5. The molecule has 7 nitrogen and oxygen atoms in total. The van der Waals surface area contributed by atoms with Crippen molar-refractivity contribution in [3.8, 4) is 0 Å². The number of halogens is 1. The summed E-state index contributed by atoms with van der Waals surface area (Å²) in [6.07, 6.45) is 0. The van der Waals surface area contributed by atoms with Crippen LogP contribution in [0.1, 0.15) is 21.5 Å². The third-order valence-electron chi connectivity index (χ3n) is 4.84. The van der Waals surface area contributed by atoms with Crippen LogP contribution in [0.15, 0.2) is 77.7 Å². The predicted octanol–water partition coefficient (Wildman–Crippen LogP) is 3.75. The Morgan fingerprint density at radius 3 is 2.12 bits per heavy atom. The summed E-state index contributed by atoms with van der Waals surface area (Å²) in [6, 6.07) is 17.7. The van der Waals surface area contributed by atoms with Crippen molar-refractivity contribution in [3.63, 3.8) is 0 Å². The summed E-state index contributed by atoms with van der Waals surface area (Å²) in [5.74, 6) is -1.53. The van der Waals surface area contributed by atoms with E-state index in [1.165, 1.54) is 67.8 Å². The molecule has 1 N–H and O–H groups in total. The maximum atomic E-state index is 13.3. The molecule has 0 aliphatic carbocycles. The highest BCUT2D eigenvalue weighted by atomic mass is 32.2. The van der Waals surface area contributed by atoms with E-state index in [1.54, 1.807) is 12.1 Å². The summed E-state index contributed by atoms with van der Waals surface area (Å²) in [4.78, 5) is 24.3. The maximum Gasteiger partial charge on any atom is 0.337 e. The Labute approximate surface area is 191 Å². The number of hydrogen-bond acceptors (Lipinski definition) is 5. The molecule has 0 saturated heterocycles. The van der Waals surface area contributed by atoms with Gasteiger partial charge >= 0.3 is 5.97 Å². The van der Waals surface area contributed by atoms with E-state index in [-0.39, 0.29) is 11.4 Å². The summed E-state index contributed by atoms with van der Waals surface area (Å²) in [6.45, 7) is 1.25. The van der Waals surface area contributed by atoms with E-state index in [9.17, 15) is 22.4 Å². The normalized spacial score (nSPS) is 11.3. The van der Waals surface area contributed by atoms with Crippen LogP contribution in [0, 0.1) is 12.7 Å². The molecule has 0 atom stereocenters. The number of carbonyl (C=O) groups is 2. The zero-order valence-electron chi connectivity index (χ0n) is 18.1. The van der Waals surface area contributed by atoms with Crippen LogP contribution in [-0.4, -0.2) is 38.3 Å². The number of aryl methyl sites for hydroxylation is 1. The van der Waals surface area contributed by atoms with Gasteiger partial charge in [0.15, 0.2) is 0 Å². The first-order valence-electron chi connectivity index (χ1n) is 9.98. The van der Waals surface area contributed by atoms with Crippen LogP contribution in [0.2, 0.25) is 0 Å². The van der Waals surface area contributed by atoms with Crippen LogP contribution in [-0.2, 0) is 26.1 Å². The fourth-order valence-corrected chi connectivity index (χ4v) is 4.43. The largest absolute Gasteiger partial charge is 0.465 e. The molecule has 3 aromatic rings. The van der Waals surface area contributed by atoms with E-state index >= 15 is 0 Å². The minimum Gasteiger partial charge on any atom is -0.465 e. The van der Waals surface area contributed by atoms with Crippen LogP contribution >= 0.6 is 0 Å². The second kappa shape index (κ2) is 10.4. The molecule has 0 aliphatic rings. The second-order valence-corrected chi connectivity index (χ2v) is 9.27. The number of sulfonamides is 1. The SMILES string of the molecule is COC(=O)c1ccc(NC(=O)CN(Cc2ccc(F)cc2)S(=O)(=O)c2ccc(C)cc2)cc1. The molecule has 0 heterocycles. The molecule has 0 fully saturated rings. The lowest BCUT2D eigenvalue weighted by molar-refractivity contribution is -0.116. The molecule has 172 valence electrons. The highest BCUT2D eigenvalue weighted by molar-refractivity contribution is 7.89. The molecule has 0 spiro atoms. The van der Waals surface area contributed by atoms with Crippen molar-refractivity contribution in [2.24, 2.45) is 0 Å². The van der Waals surface area contributed by atoms with Crippen molar-refractivity contribution in [3.05, 3.63) is 95.3 Å². The van der Waals surface area contributed by atoms with Crippen molar-refractivity contribution in [1.82, 2.24) is 4.31 Å². The van der Waals surface area contributed by atoms with Crippen LogP contribution in [0.4, 0.5) is 10.1 Å². The molecule has 3 rings (SSSR count). The molecule has 0 aliphatic heterocycles.